The summed E-state index contributed by atoms with van der Waals surface area (Å²) in [6.45, 7) is 5.54. The van der Waals surface area contributed by atoms with E-state index in [9.17, 15) is 4.79 Å². The topological polar surface area (TPSA) is 53.9 Å². The first-order valence-electron chi connectivity index (χ1n) is 10.1. The molecule has 152 valence electrons. The van der Waals surface area contributed by atoms with Gasteiger partial charge in [0, 0.05) is 30.1 Å². The molecular weight excluding hydrogens is 386 g/mol. The van der Waals surface area contributed by atoms with Crippen LogP contribution in [0.2, 0.25) is 5.02 Å². The van der Waals surface area contributed by atoms with Crippen molar-refractivity contribution in [1.29, 1.82) is 0 Å². The zero-order valence-electron chi connectivity index (χ0n) is 16.7. The monoisotopic (exact) mass is 411 g/mol. The summed E-state index contributed by atoms with van der Waals surface area (Å²) in [5, 5.41) is 7.74. The molecule has 4 rings (SSSR count). The predicted octanol–water partition coefficient (Wildman–Crippen LogP) is 4.14. The van der Waals surface area contributed by atoms with Crippen molar-refractivity contribution < 1.29 is 9.63 Å². The first-order valence-corrected chi connectivity index (χ1v) is 10.5. The van der Waals surface area contributed by atoms with Gasteiger partial charge in [0.05, 0.1) is 5.71 Å². The van der Waals surface area contributed by atoms with Crippen LogP contribution >= 0.6 is 11.6 Å². The van der Waals surface area contributed by atoms with Gasteiger partial charge in [-0.2, -0.15) is 0 Å². The normalized spacial score (nSPS) is 21.7. The molecule has 1 saturated heterocycles. The smallest absolute Gasteiger partial charge is 0.267 e. The number of carbonyl (C=O) groups is 1. The molecule has 2 aliphatic heterocycles. The summed E-state index contributed by atoms with van der Waals surface area (Å²) >= 11 is 6.25. The SMILES string of the molecule is CC1(C(=O)NCc2cccc(CN3CCCC3)c2)CC(c2ccccc2Cl)=NO1. The number of amides is 1. The Labute approximate surface area is 176 Å². The maximum absolute atomic E-state index is 12.8. The highest BCUT2D eigenvalue weighted by Gasteiger charge is 2.42. The molecule has 6 heteroatoms. The van der Waals surface area contributed by atoms with Crippen LogP contribution in [0.15, 0.2) is 53.7 Å². The first-order chi connectivity index (χ1) is 14.0. The van der Waals surface area contributed by atoms with E-state index >= 15 is 0 Å². The van der Waals surface area contributed by atoms with Crippen molar-refractivity contribution in [2.45, 2.75) is 44.9 Å². The third kappa shape index (κ3) is 4.62. The Morgan fingerprint density at radius 2 is 1.93 bits per heavy atom. The number of benzene rings is 2. The Morgan fingerprint density at radius 3 is 2.72 bits per heavy atom. The molecule has 2 aliphatic rings. The Hall–Kier alpha value is -2.37. The highest BCUT2D eigenvalue weighted by Crippen LogP contribution is 2.29. The second-order valence-corrected chi connectivity index (χ2v) is 8.41. The van der Waals surface area contributed by atoms with Crippen LogP contribution in [0.4, 0.5) is 0 Å². The lowest BCUT2D eigenvalue weighted by Crippen LogP contribution is -2.44. The van der Waals surface area contributed by atoms with Crippen LogP contribution in [0, 0.1) is 0 Å². The van der Waals surface area contributed by atoms with Crippen LogP contribution in [-0.4, -0.2) is 35.2 Å². The molecule has 1 N–H and O–H groups in total. The van der Waals surface area contributed by atoms with Gasteiger partial charge >= 0.3 is 0 Å². The molecule has 2 aromatic carbocycles. The average Bonchev–Trinajstić information content (AvgIpc) is 3.37. The Morgan fingerprint density at radius 1 is 1.17 bits per heavy atom. The van der Waals surface area contributed by atoms with Gasteiger partial charge in [-0.1, -0.05) is 59.2 Å². The quantitative estimate of drug-likeness (QED) is 0.777. The molecule has 5 nitrogen and oxygen atoms in total. The minimum atomic E-state index is -1.03. The molecule has 1 unspecified atom stereocenters. The molecule has 2 aromatic rings. The zero-order valence-corrected chi connectivity index (χ0v) is 17.4. The van der Waals surface area contributed by atoms with Gasteiger partial charge in [-0.25, -0.2) is 0 Å². The maximum atomic E-state index is 12.8. The fourth-order valence-corrected chi connectivity index (χ4v) is 4.15. The van der Waals surface area contributed by atoms with Gasteiger partial charge in [-0.15, -0.1) is 0 Å². The summed E-state index contributed by atoms with van der Waals surface area (Å²) in [5.41, 5.74) is 2.85. The second-order valence-electron chi connectivity index (χ2n) is 8.00. The summed E-state index contributed by atoms with van der Waals surface area (Å²) in [7, 11) is 0. The number of rotatable bonds is 6. The Balaban J connectivity index is 1.35. The Bertz CT molecular complexity index is 924. The van der Waals surface area contributed by atoms with Gasteiger partial charge in [0.15, 0.2) is 0 Å². The minimum absolute atomic E-state index is 0.173. The van der Waals surface area contributed by atoms with E-state index in [0.29, 0.717) is 23.7 Å². The number of oxime groups is 1. The second kappa shape index (κ2) is 8.56. The van der Waals surface area contributed by atoms with Crippen molar-refractivity contribution in [1.82, 2.24) is 10.2 Å². The number of halogens is 1. The van der Waals surface area contributed by atoms with E-state index in [2.05, 4.69) is 33.6 Å². The van der Waals surface area contributed by atoms with Gasteiger partial charge in [-0.05, 0) is 50.0 Å². The summed E-state index contributed by atoms with van der Waals surface area (Å²) in [5.74, 6) is -0.173. The summed E-state index contributed by atoms with van der Waals surface area (Å²) < 4.78 is 0. The average molecular weight is 412 g/mol. The van der Waals surface area contributed by atoms with Crippen LogP contribution in [0.5, 0.6) is 0 Å². The molecule has 1 atom stereocenters. The highest BCUT2D eigenvalue weighted by atomic mass is 35.5. The van der Waals surface area contributed by atoms with Crippen LogP contribution in [0.25, 0.3) is 0 Å². The van der Waals surface area contributed by atoms with E-state index < -0.39 is 5.60 Å². The number of carbonyl (C=O) groups excluding carboxylic acids is 1. The molecule has 1 fully saturated rings. The van der Waals surface area contributed by atoms with E-state index in [1.165, 1.54) is 31.5 Å². The van der Waals surface area contributed by atoms with Crippen molar-refractivity contribution in [3.8, 4) is 0 Å². The predicted molar refractivity (Wildman–Crippen MR) is 115 cm³/mol. The van der Waals surface area contributed by atoms with Crippen molar-refractivity contribution in [3.05, 3.63) is 70.2 Å². The summed E-state index contributed by atoms with van der Waals surface area (Å²) in [6.07, 6.45) is 2.96. The van der Waals surface area contributed by atoms with Gasteiger partial charge in [-0.3, -0.25) is 9.69 Å². The van der Waals surface area contributed by atoms with Gasteiger partial charge in [0.1, 0.15) is 0 Å². The summed E-state index contributed by atoms with van der Waals surface area (Å²) in [4.78, 5) is 20.8. The first kappa shape index (κ1) is 19.9. The minimum Gasteiger partial charge on any atom is -0.379 e. The number of hydrogen-bond acceptors (Lipinski definition) is 4. The number of nitrogens with zero attached hydrogens (tertiary/aromatic N) is 2. The van der Waals surface area contributed by atoms with Crippen LogP contribution in [0.1, 0.15) is 42.9 Å². The molecule has 1 amide bonds. The fraction of sp³-hybridized carbons (Fsp3) is 0.391. The van der Waals surface area contributed by atoms with E-state index in [1.54, 1.807) is 6.92 Å². The zero-order chi connectivity index (χ0) is 20.3. The lowest BCUT2D eigenvalue weighted by atomic mass is 9.95. The summed E-state index contributed by atoms with van der Waals surface area (Å²) in [6, 6.07) is 15.9. The number of likely N-dealkylation sites (tertiary alicyclic amines) is 1. The molecule has 29 heavy (non-hydrogen) atoms. The van der Waals surface area contributed by atoms with E-state index in [1.807, 2.05) is 30.3 Å². The van der Waals surface area contributed by atoms with E-state index in [0.717, 1.165) is 17.7 Å². The van der Waals surface area contributed by atoms with Crippen molar-refractivity contribution in [3.63, 3.8) is 0 Å². The third-order valence-electron chi connectivity index (χ3n) is 5.58. The van der Waals surface area contributed by atoms with Gasteiger partial charge in [0.2, 0.25) is 5.60 Å². The van der Waals surface area contributed by atoms with E-state index in [-0.39, 0.29) is 5.91 Å². The number of hydrogen-bond donors (Lipinski definition) is 1. The highest BCUT2D eigenvalue weighted by molar-refractivity contribution is 6.34. The molecule has 0 bridgehead atoms. The van der Waals surface area contributed by atoms with Crippen molar-refractivity contribution in [2.75, 3.05) is 13.1 Å². The molecule has 0 aliphatic carbocycles. The van der Waals surface area contributed by atoms with Crippen molar-refractivity contribution >= 4 is 23.2 Å². The molecule has 0 aromatic heterocycles. The Kier molecular flexibility index (Phi) is 5.88. The fourth-order valence-electron chi connectivity index (χ4n) is 3.91. The third-order valence-corrected chi connectivity index (χ3v) is 5.91. The lowest BCUT2D eigenvalue weighted by molar-refractivity contribution is -0.141. The van der Waals surface area contributed by atoms with Crippen LogP contribution < -0.4 is 5.32 Å². The van der Waals surface area contributed by atoms with Crippen molar-refractivity contribution in [2.24, 2.45) is 5.16 Å². The van der Waals surface area contributed by atoms with E-state index in [4.69, 9.17) is 16.4 Å². The molecular formula is C23H26ClN3O2. The largest absolute Gasteiger partial charge is 0.379 e. The van der Waals surface area contributed by atoms with Crippen LogP contribution in [0.3, 0.4) is 0 Å². The maximum Gasteiger partial charge on any atom is 0.267 e. The number of nitrogens with one attached hydrogen (secondary N) is 1. The molecule has 0 radical (unpaired) electrons. The molecule has 0 spiro atoms. The van der Waals surface area contributed by atoms with Crippen LogP contribution in [-0.2, 0) is 22.7 Å². The lowest BCUT2D eigenvalue weighted by Gasteiger charge is -2.21. The molecule has 2 heterocycles. The van der Waals surface area contributed by atoms with Gasteiger partial charge < -0.3 is 10.2 Å². The standard InChI is InChI=1S/C23H26ClN3O2/c1-23(14-21(26-29-23)19-9-2-3-10-20(19)24)22(28)25-15-17-7-6-8-18(13-17)16-27-11-4-5-12-27/h2-3,6-10,13H,4-5,11-12,14-16H2,1H3,(H,25,28). The molecule has 0 saturated carbocycles. The van der Waals surface area contributed by atoms with Gasteiger partial charge in [0.25, 0.3) is 5.91 Å².